The van der Waals surface area contributed by atoms with Crippen molar-refractivity contribution in [1.82, 2.24) is 14.4 Å². The summed E-state index contributed by atoms with van der Waals surface area (Å²) in [5, 5.41) is 11.9. The minimum Gasteiger partial charge on any atom is -0.505 e. The van der Waals surface area contributed by atoms with E-state index in [1.807, 2.05) is 29.7 Å². The number of Topliss-reactive ketones (excluding diaryl/α,β-unsaturated/α-hetero) is 1. The molecule has 4 aromatic rings. The number of fused-ring (bicyclic) bond motifs is 1. The van der Waals surface area contributed by atoms with E-state index in [0.717, 1.165) is 23.3 Å². The van der Waals surface area contributed by atoms with Gasteiger partial charge in [-0.3, -0.25) is 14.5 Å². The van der Waals surface area contributed by atoms with Crippen LogP contribution < -0.4 is 9.64 Å². The number of aliphatic hydroxyl groups is 1. The lowest BCUT2D eigenvalue weighted by molar-refractivity contribution is -0.132. The molecule has 0 saturated carbocycles. The summed E-state index contributed by atoms with van der Waals surface area (Å²) >= 11 is 0.961. The Hall–Kier alpha value is -4.51. The van der Waals surface area contributed by atoms with Crippen LogP contribution in [0.4, 0.5) is 5.13 Å². The Balaban J connectivity index is 1.69. The number of carbonyl (C=O) groups excluding carboxylic acids is 3. The van der Waals surface area contributed by atoms with Crippen LogP contribution in [-0.2, 0) is 14.3 Å². The van der Waals surface area contributed by atoms with Crippen molar-refractivity contribution in [2.45, 2.75) is 54.0 Å². The molecule has 10 nitrogen and oxygen atoms in total. The summed E-state index contributed by atoms with van der Waals surface area (Å²) in [5.41, 5.74) is 3.10. The first-order chi connectivity index (χ1) is 20.5. The molecule has 3 aromatic heterocycles. The molecule has 11 heteroatoms. The molecule has 1 saturated heterocycles. The van der Waals surface area contributed by atoms with Gasteiger partial charge in [0.2, 0.25) is 0 Å². The SMILES string of the molecule is CCOC(=O)c1sc(N2C(=O)C(=O)/C(=C(/O)c3nc4c(C)cccn4c3C)C2c2cccc(OCCC(C)C)c2)nc1C. The second-order valence-corrected chi connectivity index (χ2v) is 11.8. The lowest BCUT2D eigenvalue weighted by Gasteiger charge is -2.23. The topological polar surface area (TPSA) is 123 Å². The molecule has 1 aliphatic rings. The van der Waals surface area contributed by atoms with Gasteiger partial charge in [-0.1, -0.05) is 43.4 Å². The van der Waals surface area contributed by atoms with E-state index in [4.69, 9.17) is 9.47 Å². The summed E-state index contributed by atoms with van der Waals surface area (Å²) in [7, 11) is 0. The zero-order chi connectivity index (χ0) is 31.0. The summed E-state index contributed by atoms with van der Waals surface area (Å²) in [4.78, 5) is 50.7. The Morgan fingerprint density at radius 3 is 2.58 bits per heavy atom. The highest BCUT2D eigenvalue weighted by Crippen LogP contribution is 2.44. The number of rotatable bonds is 9. The van der Waals surface area contributed by atoms with Crippen LogP contribution in [0, 0.1) is 26.7 Å². The van der Waals surface area contributed by atoms with Gasteiger partial charge >= 0.3 is 11.9 Å². The van der Waals surface area contributed by atoms with Crippen LogP contribution in [-0.4, -0.2) is 50.3 Å². The van der Waals surface area contributed by atoms with Crippen molar-refractivity contribution in [2.24, 2.45) is 5.92 Å². The Kier molecular flexibility index (Phi) is 8.36. The summed E-state index contributed by atoms with van der Waals surface area (Å²) in [6, 6.07) is 9.82. The van der Waals surface area contributed by atoms with Gasteiger partial charge in [0, 0.05) is 6.20 Å². The number of benzene rings is 1. The number of hydrogen-bond acceptors (Lipinski definition) is 9. The van der Waals surface area contributed by atoms with Gasteiger partial charge in [-0.2, -0.15) is 0 Å². The molecule has 1 atom stereocenters. The number of imidazole rings is 1. The quantitative estimate of drug-likeness (QED) is 0.108. The monoisotopic (exact) mass is 602 g/mol. The molecule has 1 N–H and O–H groups in total. The largest absolute Gasteiger partial charge is 0.505 e. The Bertz CT molecular complexity index is 1770. The van der Waals surface area contributed by atoms with Gasteiger partial charge in [0.1, 0.15) is 22.0 Å². The number of amides is 1. The highest BCUT2D eigenvalue weighted by Gasteiger charge is 2.49. The molecule has 1 unspecified atom stereocenters. The van der Waals surface area contributed by atoms with Crippen LogP contribution in [0.3, 0.4) is 0 Å². The van der Waals surface area contributed by atoms with E-state index in [1.165, 1.54) is 4.90 Å². The third-order valence-electron chi connectivity index (χ3n) is 7.34. The van der Waals surface area contributed by atoms with Crippen molar-refractivity contribution in [1.29, 1.82) is 0 Å². The third kappa shape index (κ3) is 5.52. The van der Waals surface area contributed by atoms with Gasteiger partial charge in [0.25, 0.3) is 5.78 Å². The number of aryl methyl sites for hydroxylation is 3. The average molecular weight is 603 g/mol. The lowest BCUT2D eigenvalue weighted by atomic mass is 9.96. The number of pyridine rings is 1. The molecule has 5 rings (SSSR count). The van der Waals surface area contributed by atoms with E-state index in [9.17, 15) is 19.5 Å². The predicted octanol–water partition coefficient (Wildman–Crippen LogP) is 5.94. The molecule has 1 amide bonds. The average Bonchev–Trinajstić information content (AvgIpc) is 3.60. The number of hydrogen-bond donors (Lipinski definition) is 1. The maximum atomic E-state index is 13.8. The summed E-state index contributed by atoms with van der Waals surface area (Å²) in [5.74, 6) is -1.70. The van der Waals surface area contributed by atoms with Crippen LogP contribution in [0.15, 0.2) is 48.2 Å². The van der Waals surface area contributed by atoms with E-state index in [-0.39, 0.29) is 27.9 Å². The molecule has 1 fully saturated rings. The van der Waals surface area contributed by atoms with E-state index in [2.05, 4.69) is 23.8 Å². The number of carbonyl (C=O) groups is 3. The number of ketones is 1. The van der Waals surface area contributed by atoms with Gasteiger partial charge in [0.15, 0.2) is 10.9 Å². The fraction of sp³-hybridized carbons (Fsp3) is 0.344. The van der Waals surface area contributed by atoms with Gasteiger partial charge < -0.3 is 19.0 Å². The standard InChI is InChI=1S/C32H34N4O6S/c1-7-41-31(40)28-19(5)33-32(43-28)36-25(21-11-8-12-22(16-21)42-15-13-17(2)3)23(27(38)30(36)39)26(37)24-20(6)35-14-9-10-18(4)29(35)34-24/h8-12,14,16-17,25,37H,7,13,15H2,1-6H3/b26-23+. The molecule has 43 heavy (non-hydrogen) atoms. The van der Waals surface area contributed by atoms with Gasteiger partial charge in [-0.15, -0.1) is 0 Å². The second-order valence-electron chi connectivity index (χ2n) is 10.8. The number of ether oxygens (including phenoxy) is 2. The van der Waals surface area contributed by atoms with Crippen molar-refractivity contribution >= 4 is 45.5 Å². The highest BCUT2D eigenvalue weighted by molar-refractivity contribution is 7.17. The van der Waals surface area contributed by atoms with E-state index >= 15 is 0 Å². The zero-order valence-corrected chi connectivity index (χ0v) is 25.8. The molecular formula is C32H34N4O6S. The summed E-state index contributed by atoms with van der Waals surface area (Å²) in [6.45, 7) is 11.9. The molecule has 1 aromatic carbocycles. The Morgan fingerprint density at radius 1 is 1.12 bits per heavy atom. The van der Waals surface area contributed by atoms with Crippen LogP contribution in [0.25, 0.3) is 11.4 Å². The van der Waals surface area contributed by atoms with Crippen molar-refractivity contribution in [3.05, 3.63) is 81.3 Å². The Morgan fingerprint density at radius 2 is 1.88 bits per heavy atom. The normalized spacial score (nSPS) is 16.4. The number of anilines is 1. The van der Waals surface area contributed by atoms with Crippen LogP contribution >= 0.6 is 11.3 Å². The molecule has 4 heterocycles. The number of nitrogens with zero attached hydrogens (tertiary/aromatic N) is 4. The first kappa shape index (κ1) is 30.0. The summed E-state index contributed by atoms with van der Waals surface area (Å²) < 4.78 is 13.0. The number of esters is 1. The minimum absolute atomic E-state index is 0.126. The van der Waals surface area contributed by atoms with Crippen molar-refractivity contribution < 1.29 is 29.0 Å². The molecule has 0 aliphatic carbocycles. The summed E-state index contributed by atoms with van der Waals surface area (Å²) in [6.07, 6.45) is 2.68. The van der Waals surface area contributed by atoms with Crippen molar-refractivity contribution in [2.75, 3.05) is 18.1 Å². The van der Waals surface area contributed by atoms with Crippen LogP contribution in [0.5, 0.6) is 5.75 Å². The number of aromatic nitrogens is 3. The fourth-order valence-corrected chi connectivity index (χ4v) is 6.06. The first-order valence-electron chi connectivity index (χ1n) is 14.2. The second kappa shape index (κ2) is 12.0. The first-order valence-corrected chi connectivity index (χ1v) is 15.0. The van der Waals surface area contributed by atoms with Gasteiger partial charge in [0.05, 0.1) is 36.2 Å². The highest BCUT2D eigenvalue weighted by atomic mass is 32.1. The number of thiazole rings is 1. The molecule has 0 spiro atoms. The maximum absolute atomic E-state index is 13.8. The van der Waals surface area contributed by atoms with Gasteiger partial charge in [-0.25, -0.2) is 14.8 Å². The predicted molar refractivity (Wildman–Crippen MR) is 164 cm³/mol. The Labute approximate surface area is 253 Å². The van der Waals surface area contributed by atoms with E-state index < -0.39 is 29.5 Å². The third-order valence-corrected chi connectivity index (χ3v) is 8.48. The lowest BCUT2D eigenvalue weighted by Crippen LogP contribution is -2.29. The van der Waals surface area contributed by atoms with Crippen LogP contribution in [0.2, 0.25) is 0 Å². The fourth-order valence-electron chi connectivity index (χ4n) is 5.08. The molecular weight excluding hydrogens is 568 g/mol. The maximum Gasteiger partial charge on any atom is 0.350 e. The van der Waals surface area contributed by atoms with E-state index in [0.29, 0.717) is 40.9 Å². The zero-order valence-electron chi connectivity index (χ0n) is 25.0. The molecule has 0 bridgehead atoms. The van der Waals surface area contributed by atoms with E-state index in [1.54, 1.807) is 45.0 Å². The minimum atomic E-state index is -1.06. The molecule has 0 radical (unpaired) electrons. The van der Waals surface area contributed by atoms with Crippen LogP contribution in [0.1, 0.15) is 71.1 Å². The van der Waals surface area contributed by atoms with Gasteiger partial charge in [-0.05, 0) is 69.4 Å². The molecule has 224 valence electrons. The molecule has 1 aliphatic heterocycles. The van der Waals surface area contributed by atoms with Crippen molar-refractivity contribution in [3.63, 3.8) is 0 Å². The smallest absolute Gasteiger partial charge is 0.350 e. The van der Waals surface area contributed by atoms with Crippen molar-refractivity contribution in [3.8, 4) is 5.75 Å². The number of aliphatic hydroxyl groups excluding tert-OH is 1.